The minimum absolute atomic E-state index is 0.0719. The van der Waals surface area contributed by atoms with Crippen molar-refractivity contribution in [1.82, 2.24) is 9.55 Å². The molecular weight excluding hydrogens is 571 g/mol. The Balaban J connectivity index is 1.11. The highest BCUT2D eigenvalue weighted by atomic mass is 15.2. The number of allylic oxidation sites excluding steroid dienone is 1. The van der Waals surface area contributed by atoms with Gasteiger partial charge < -0.3 is 4.57 Å². The monoisotopic (exact) mass is 605 g/mol. The fourth-order valence-electron chi connectivity index (χ4n) is 7.88. The van der Waals surface area contributed by atoms with Crippen LogP contribution in [0.4, 0.5) is 17.2 Å². The molecule has 5 aromatic carbocycles. The molecule has 0 saturated carbocycles. The van der Waals surface area contributed by atoms with Gasteiger partial charge in [-0.05, 0) is 107 Å². The molecule has 47 heavy (non-hydrogen) atoms. The summed E-state index contributed by atoms with van der Waals surface area (Å²) in [5.74, 6) is 0.906. The van der Waals surface area contributed by atoms with Gasteiger partial charge in [0.1, 0.15) is 5.82 Å². The molecule has 0 N–H and O–H groups in total. The maximum atomic E-state index is 4.81. The van der Waals surface area contributed by atoms with Crippen LogP contribution in [0.1, 0.15) is 48.2 Å². The lowest BCUT2D eigenvalue weighted by atomic mass is 9.82. The maximum Gasteiger partial charge on any atom is 0.137 e. The molecule has 9 rings (SSSR count). The predicted molar refractivity (Wildman–Crippen MR) is 196 cm³/mol. The van der Waals surface area contributed by atoms with Crippen LogP contribution in [0.2, 0.25) is 0 Å². The van der Waals surface area contributed by atoms with Crippen LogP contribution < -0.4 is 4.90 Å². The van der Waals surface area contributed by atoms with E-state index in [0.29, 0.717) is 0 Å². The lowest BCUT2D eigenvalue weighted by Crippen LogP contribution is -2.17. The van der Waals surface area contributed by atoms with E-state index >= 15 is 0 Å². The number of benzene rings is 5. The van der Waals surface area contributed by atoms with Crippen molar-refractivity contribution in [2.24, 2.45) is 0 Å². The summed E-state index contributed by atoms with van der Waals surface area (Å²) >= 11 is 0. The zero-order valence-electron chi connectivity index (χ0n) is 26.7. The zero-order valence-corrected chi connectivity index (χ0v) is 26.7. The SMILES string of the molecule is CC1(C)c2ccccc2-c2ccc(N(c3ccc(C4=Cc5c(n(-c6ccccc6)c6ccccc56)CC4)cc3)c3ccccn3)cc21. The average molecular weight is 606 g/mol. The molecule has 2 aliphatic rings. The van der Waals surface area contributed by atoms with Crippen molar-refractivity contribution >= 4 is 39.7 Å². The first-order valence-corrected chi connectivity index (χ1v) is 16.5. The van der Waals surface area contributed by atoms with Gasteiger partial charge in [0.05, 0.1) is 5.52 Å². The minimum Gasteiger partial charge on any atom is -0.313 e. The van der Waals surface area contributed by atoms with E-state index in [4.69, 9.17) is 4.98 Å². The molecule has 7 aromatic rings. The van der Waals surface area contributed by atoms with Gasteiger partial charge in [-0.3, -0.25) is 4.90 Å². The van der Waals surface area contributed by atoms with Crippen LogP contribution in [0.3, 0.4) is 0 Å². The Morgan fingerprint density at radius 3 is 2.19 bits per heavy atom. The summed E-state index contributed by atoms with van der Waals surface area (Å²) in [5, 5.41) is 1.31. The van der Waals surface area contributed by atoms with Gasteiger partial charge in [0.2, 0.25) is 0 Å². The molecule has 226 valence electrons. The molecule has 0 unspecified atom stereocenters. The predicted octanol–water partition coefficient (Wildman–Crippen LogP) is 11.3. The number of hydrogen-bond donors (Lipinski definition) is 0. The second kappa shape index (κ2) is 10.7. The van der Waals surface area contributed by atoms with Crippen molar-refractivity contribution in [3.8, 4) is 16.8 Å². The summed E-state index contributed by atoms with van der Waals surface area (Å²) in [6, 6.07) is 50.5. The van der Waals surface area contributed by atoms with E-state index in [1.165, 1.54) is 61.2 Å². The van der Waals surface area contributed by atoms with E-state index in [-0.39, 0.29) is 5.41 Å². The highest BCUT2D eigenvalue weighted by molar-refractivity contribution is 5.99. The summed E-state index contributed by atoms with van der Waals surface area (Å²) in [6.45, 7) is 4.67. The number of nitrogens with zero attached hydrogens (tertiary/aromatic N) is 3. The molecule has 0 radical (unpaired) electrons. The van der Waals surface area contributed by atoms with E-state index in [9.17, 15) is 0 Å². The summed E-state index contributed by atoms with van der Waals surface area (Å²) in [7, 11) is 0. The first-order valence-electron chi connectivity index (χ1n) is 16.5. The summed E-state index contributed by atoms with van der Waals surface area (Å²) in [4.78, 5) is 7.09. The molecule has 2 heterocycles. The van der Waals surface area contributed by atoms with E-state index in [2.05, 4.69) is 163 Å². The van der Waals surface area contributed by atoms with Gasteiger partial charge in [-0.2, -0.15) is 0 Å². The van der Waals surface area contributed by atoms with Gasteiger partial charge in [0.15, 0.2) is 0 Å². The van der Waals surface area contributed by atoms with Gasteiger partial charge >= 0.3 is 0 Å². The number of anilines is 3. The maximum absolute atomic E-state index is 4.81. The van der Waals surface area contributed by atoms with E-state index in [1.54, 1.807) is 0 Å². The smallest absolute Gasteiger partial charge is 0.137 e. The molecule has 0 atom stereocenters. The lowest BCUT2D eigenvalue weighted by Gasteiger charge is -2.27. The van der Waals surface area contributed by atoms with Gasteiger partial charge in [0, 0.05) is 45.3 Å². The fraction of sp³-hybridized carbons (Fsp3) is 0.114. The van der Waals surface area contributed by atoms with Crippen LogP contribution in [0.5, 0.6) is 0 Å². The second-order valence-corrected chi connectivity index (χ2v) is 13.2. The summed E-state index contributed by atoms with van der Waals surface area (Å²) in [5.41, 5.74) is 15.4. The fourth-order valence-corrected chi connectivity index (χ4v) is 7.88. The molecule has 2 aliphatic carbocycles. The molecule has 0 spiro atoms. The highest BCUT2D eigenvalue weighted by Gasteiger charge is 2.35. The first-order chi connectivity index (χ1) is 23.1. The Morgan fingerprint density at radius 1 is 0.638 bits per heavy atom. The van der Waals surface area contributed by atoms with Crippen molar-refractivity contribution in [1.29, 1.82) is 0 Å². The zero-order chi connectivity index (χ0) is 31.5. The molecule has 0 fully saturated rings. The number of aromatic nitrogens is 2. The second-order valence-electron chi connectivity index (χ2n) is 13.2. The van der Waals surface area contributed by atoms with Crippen LogP contribution in [-0.2, 0) is 11.8 Å². The van der Waals surface area contributed by atoms with Crippen molar-refractivity contribution in [2.75, 3.05) is 4.90 Å². The van der Waals surface area contributed by atoms with Gasteiger partial charge in [0.25, 0.3) is 0 Å². The van der Waals surface area contributed by atoms with Crippen molar-refractivity contribution in [3.05, 3.63) is 174 Å². The summed E-state index contributed by atoms with van der Waals surface area (Å²) < 4.78 is 2.45. The summed E-state index contributed by atoms with van der Waals surface area (Å²) in [6.07, 6.45) is 6.30. The molecule has 3 heteroatoms. The lowest BCUT2D eigenvalue weighted by molar-refractivity contribution is 0.660. The van der Waals surface area contributed by atoms with Crippen molar-refractivity contribution in [3.63, 3.8) is 0 Å². The van der Waals surface area contributed by atoms with E-state index < -0.39 is 0 Å². The van der Waals surface area contributed by atoms with Gasteiger partial charge in [-0.25, -0.2) is 4.98 Å². The number of pyridine rings is 1. The van der Waals surface area contributed by atoms with E-state index in [0.717, 1.165) is 30.0 Å². The van der Waals surface area contributed by atoms with Crippen LogP contribution in [0.25, 0.3) is 39.4 Å². The number of fused-ring (bicyclic) bond motifs is 6. The molecule has 2 aromatic heterocycles. The number of hydrogen-bond acceptors (Lipinski definition) is 2. The normalized spacial score (nSPS) is 14.3. The molecule has 0 saturated heterocycles. The van der Waals surface area contributed by atoms with Gasteiger partial charge in [-0.15, -0.1) is 0 Å². The average Bonchev–Trinajstić information content (AvgIpc) is 3.58. The third-order valence-electron chi connectivity index (χ3n) is 10.2. The van der Waals surface area contributed by atoms with Crippen LogP contribution in [-0.4, -0.2) is 9.55 Å². The molecule has 3 nitrogen and oxygen atoms in total. The Labute approximate surface area is 276 Å². The van der Waals surface area contributed by atoms with Crippen LogP contribution in [0.15, 0.2) is 146 Å². The first kappa shape index (κ1) is 27.6. The Kier molecular flexibility index (Phi) is 6.29. The third kappa shape index (κ3) is 4.38. The largest absolute Gasteiger partial charge is 0.313 e. The Hall–Kier alpha value is -5.67. The Morgan fingerprint density at radius 2 is 1.36 bits per heavy atom. The minimum atomic E-state index is -0.0719. The standard InChI is InChI=1S/C44H35N3/c1-44(2)39-16-8-6-14-35(39)36-25-24-34(29-40(36)44)46(43-18-10-11-27-45-43)33-22-19-30(20-23-33)31-21-26-42-38(28-31)37-15-7-9-17-41(37)47(42)32-12-4-3-5-13-32/h3-20,22-25,27-29H,21,26H2,1-2H3. The Bertz CT molecular complexity index is 2310. The molecule has 0 amide bonds. The highest BCUT2D eigenvalue weighted by Crippen LogP contribution is 2.50. The quantitative estimate of drug-likeness (QED) is 0.195. The molecule has 0 aliphatic heterocycles. The molecular formula is C44H35N3. The topological polar surface area (TPSA) is 21.1 Å². The van der Waals surface area contributed by atoms with E-state index in [1.807, 2.05) is 12.3 Å². The van der Waals surface area contributed by atoms with Crippen molar-refractivity contribution < 1.29 is 0 Å². The molecule has 0 bridgehead atoms. The van der Waals surface area contributed by atoms with Crippen molar-refractivity contribution in [2.45, 2.75) is 32.1 Å². The van der Waals surface area contributed by atoms with Crippen LogP contribution in [0, 0.1) is 0 Å². The van der Waals surface area contributed by atoms with Gasteiger partial charge in [-0.1, -0.05) is 98.8 Å². The van der Waals surface area contributed by atoms with Crippen LogP contribution >= 0.6 is 0 Å². The third-order valence-corrected chi connectivity index (χ3v) is 10.2. The number of para-hydroxylation sites is 2. The number of rotatable bonds is 5.